The van der Waals surface area contributed by atoms with Gasteiger partial charge in [0.05, 0.1) is 12.4 Å². The molecule has 0 radical (unpaired) electrons. The summed E-state index contributed by atoms with van der Waals surface area (Å²) in [6.07, 6.45) is 4.21. The third-order valence-corrected chi connectivity index (χ3v) is 3.39. The molecule has 18 heavy (non-hydrogen) atoms. The highest BCUT2D eigenvalue weighted by Gasteiger charge is 2.25. The summed E-state index contributed by atoms with van der Waals surface area (Å²) in [6, 6.07) is 0.307. The van der Waals surface area contributed by atoms with E-state index in [0.29, 0.717) is 17.1 Å². The van der Waals surface area contributed by atoms with Gasteiger partial charge in [-0.05, 0) is 6.42 Å². The van der Waals surface area contributed by atoms with Crippen molar-refractivity contribution in [3.8, 4) is 0 Å². The molecule has 94 valence electrons. The molecule has 1 fully saturated rings. The van der Waals surface area contributed by atoms with Crippen molar-refractivity contribution in [2.75, 3.05) is 29.0 Å². The number of nitrogens with one attached hydrogen (secondary N) is 1. The average molecular weight is 264 g/mol. The van der Waals surface area contributed by atoms with Gasteiger partial charge >= 0.3 is 0 Å². The highest BCUT2D eigenvalue weighted by molar-refractivity contribution is 7.18. The Morgan fingerprint density at radius 3 is 3.00 bits per heavy atom. The third-order valence-electron chi connectivity index (χ3n) is 2.71. The predicted octanol–water partition coefficient (Wildman–Crippen LogP) is -0.00390. The van der Waals surface area contributed by atoms with Crippen molar-refractivity contribution in [1.82, 2.24) is 25.4 Å². The van der Waals surface area contributed by atoms with Crippen molar-refractivity contribution in [2.24, 2.45) is 0 Å². The van der Waals surface area contributed by atoms with E-state index in [-0.39, 0.29) is 0 Å². The van der Waals surface area contributed by atoms with Gasteiger partial charge in [-0.15, -0.1) is 15.3 Å². The Morgan fingerprint density at radius 2 is 2.28 bits per heavy atom. The molecule has 1 unspecified atom stereocenters. The van der Waals surface area contributed by atoms with Gasteiger partial charge in [-0.3, -0.25) is 0 Å². The molecule has 0 aliphatic carbocycles. The molecule has 0 aromatic carbocycles. The molecule has 8 nitrogen and oxygen atoms in total. The molecule has 2 aromatic heterocycles. The number of hydrogen-bond acceptors (Lipinski definition) is 9. The van der Waals surface area contributed by atoms with E-state index >= 15 is 0 Å². The molecule has 0 bridgehead atoms. The van der Waals surface area contributed by atoms with Gasteiger partial charge in [0.25, 0.3) is 0 Å². The van der Waals surface area contributed by atoms with E-state index in [0.717, 1.165) is 24.6 Å². The minimum atomic E-state index is 0.307. The summed E-state index contributed by atoms with van der Waals surface area (Å²) in [5.74, 6) is 0.665. The Hall–Kier alpha value is -2.03. The zero-order valence-electron chi connectivity index (χ0n) is 9.52. The SMILES string of the molecule is Nc1nnc(NC2CCN(c3nccnn3)C2)s1. The predicted molar refractivity (Wildman–Crippen MR) is 68.4 cm³/mol. The van der Waals surface area contributed by atoms with Crippen molar-refractivity contribution < 1.29 is 0 Å². The highest BCUT2D eigenvalue weighted by Crippen LogP contribution is 2.21. The fourth-order valence-electron chi connectivity index (χ4n) is 1.91. The van der Waals surface area contributed by atoms with Gasteiger partial charge in [-0.1, -0.05) is 11.3 Å². The summed E-state index contributed by atoms with van der Waals surface area (Å²) in [5, 5.41) is 20.1. The van der Waals surface area contributed by atoms with Gasteiger partial charge in [0.2, 0.25) is 16.2 Å². The van der Waals surface area contributed by atoms with Crippen LogP contribution in [0, 0.1) is 0 Å². The topological polar surface area (TPSA) is 106 Å². The molecule has 3 N–H and O–H groups in total. The normalized spacial score (nSPS) is 19.1. The van der Waals surface area contributed by atoms with Crippen LogP contribution in [0.1, 0.15) is 6.42 Å². The lowest BCUT2D eigenvalue weighted by Gasteiger charge is -2.15. The number of aromatic nitrogens is 5. The summed E-state index contributed by atoms with van der Waals surface area (Å²) < 4.78 is 0. The summed E-state index contributed by atoms with van der Waals surface area (Å²) >= 11 is 1.35. The van der Waals surface area contributed by atoms with Gasteiger partial charge < -0.3 is 16.0 Å². The Balaban J connectivity index is 1.62. The molecule has 1 saturated heterocycles. The van der Waals surface area contributed by atoms with Gasteiger partial charge in [0.1, 0.15) is 0 Å². The maximum absolute atomic E-state index is 5.54. The van der Waals surface area contributed by atoms with Crippen LogP contribution in [0.2, 0.25) is 0 Å². The second kappa shape index (κ2) is 4.69. The molecule has 1 atom stereocenters. The van der Waals surface area contributed by atoms with Gasteiger partial charge in [-0.2, -0.15) is 5.10 Å². The van der Waals surface area contributed by atoms with E-state index in [9.17, 15) is 0 Å². The van der Waals surface area contributed by atoms with E-state index < -0.39 is 0 Å². The van der Waals surface area contributed by atoms with E-state index in [2.05, 4.69) is 35.6 Å². The van der Waals surface area contributed by atoms with Crippen molar-refractivity contribution in [1.29, 1.82) is 0 Å². The quantitative estimate of drug-likeness (QED) is 0.797. The number of rotatable bonds is 3. The van der Waals surface area contributed by atoms with E-state index in [1.54, 1.807) is 12.4 Å². The van der Waals surface area contributed by atoms with Crippen molar-refractivity contribution in [2.45, 2.75) is 12.5 Å². The Morgan fingerprint density at radius 1 is 1.33 bits per heavy atom. The lowest BCUT2D eigenvalue weighted by atomic mass is 10.3. The highest BCUT2D eigenvalue weighted by atomic mass is 32.1. The minimum Gasteiger partial charge on any atom is -0.374 e. The standard InChI is InChI=1S/C9H12N8S/c10-7-14-16-9(18-7)13-6-1-4-17(5-6)8-11-2-3-12-15-8/h2-3,6H,1,4-5H2,(H2,10,14)(H,13,16). The molecule has 0 amide bonds. The van der Waals surface area contributed by atoms with Crippen molar-refractivity contribution in [3.63, 3.8) is 0 Å². The Kier molecular flexibility index (Phi) is 2.89. The van der Waals surface area contributed by atoms with Crippen LogP contribution in [0.15, 0.2) is 12.4 Å². The molecule has 0 saturated carbocycles. The molecule has 1 aliphatic heterocycles. The van der Waals surface area contributed by atoms with Crippen molar-refractivity contribution in [3.05, 3.63) is 12.4 Å². The van der Waals surface area contributed by atoms with Gasteiger partial charge in [0.15, 0.2) is 0 Å². The number of nitrogen functional groups attached to an aromatic ring is 1. The smallest absolute Gasteiger partial charge is 0.245 e. The monoisotopic (exact) mass is 264 g/mol. The molecular weight excluding hydrogens is 252 g/mol. The minimum absolute atomic E-state index is 0.307. The second-order valence-corrected chi connectivity index (χ2v) is 4.97. The van der Waals surface area contributed by atoms with E-state index in [1.165, 1.54) is 11.3 Å². The zero-order chi connectivity index (χ0) is 12.4. The molecule has 2 aromatic rings. The largest absolute Gasteiger partial charge is 0.374 e. The fraction of sp³-hybridized carbons (Fsp3) is 0.444. The third kappa shape index (κ3) is 2.30. The molecule has 3 heterocycles. The molecule has 1 aliphatic rings. The maximum atomic E-state index is 5.54. The average Bonchev–Trinajstić information content (AvgIpc) is 3.01. The zero-order valence-corrected chi connectivity index (χ0v) is 10.3. The summed E-state index contributed by atoms with van der Waals surface area (Å²) in [6.45, 7) is 1.73. The first-order valence-electron chi connectivity index (χ1n) is 5.55. The number of nitrogens with two attached hydrogens (primary N) is 1. The number of nitrogens with zero attached hydrogens (tertiary/aromatic N) is 6. The number of hydrogen-bond donors (Lipinski definition) is 2. The Bertz CT molecular complexity index is 514. The second-order valence-electron chi connectivity index (χ2n) is 3.96. The summed E-state index contributed by atoms with van der Waals surface area (Å²) in [5.41, 5.74) is 5.54. The van der Waals surface area contributed by atoms with Crippen LogP contribution in [0.5, 0.6) is 0 Å². The molecular formula is C9H12N8S. The lowest BCUT2D eigenvalue weighted by molar-refractivity contribution is 0.795. The summed E-state index contributed by atoms with van der Waals surface area (Å²) in [7, 11) is 0. The number of anilines is 3. The first-order chi connectivity index (χ1) is 8.81. The Labute approximate surface area is 107 Å². The van der Waals surface area contributed by atoms with E-state index in [4.69, 9.17) is 5.73 Å². The molecule has 3 rings (SSSR count). The van der Waals surface area contributed by atoms with Crippen LogP contribution >= 0.6 is 11.3 Å². The van der Waals surface area contributed by atoms with Gasteiger partial charge in [-0.25, -0.2) is 4.98 Å². The van der Waals surface area contributed by atoms with Crippen LogP contribution in [0.25, 0.3) is 0 Å². The van der Waals surface area contributed by atoms with Crippen molar-refractivity contribution >= 4 is 27.5 Å². The van der Waals surface area contributed by atoms with Crippen LogP contribution in [-0.2, 0) is 0 Å². The maximum Gasteiger partial charge on any atom is 0.245 e. The first kappa shape index (κ1) is 11.1. The van der Waals surface area contributed by atoms with Crippen LogP contribution in [-0.4, -0.2) is 44.5 Å². The molecule has 0 spiro atoms. The van der Waals surface area contributed by atoms with Crippen LogP contribution < -0.4 is 16.0 Å². The molecule has 9 heteroatoms. The first-order valence-corrected chi connectivity index (χ1v) is 6.37. The van der Waals surface area contributed by atoms with Gasteiger partial charge in [0, 0.05) is 19.1 Å². The van der Waals surface area contributed by atoms with E-state index in [1.807, 2.05) is 0 Å². The fourth-order valence-corrected chi connectivity index (χ4v) is 2.50. The summed E-state index contributed by atoms with van der Waals surface area (Å²) in [4.78, 5) is 6.28. The van der Waals surface area contributed by atoms with Crippen LogP contribution in [0.3, 0.4) is 0 Å². The lowest BCUT2D eigenvalue weighted by Crippen LogP contribution is -2.27. The van der Waals surface area contributed by atoms with Crippen LogP contribution in [0.4, 0.5) is 16.2 Å².